The van der Waals surface area contributed by atoms with E-state index in [0.717, 1.165) is 44.8 Å². The Balaban J connectivity index is 1.55. The van der Waals surface area contributed by atoms with Crippen LogP contribution in [-0.2, 0) is 0 Å². The Labute approximate surface area is 108 Å². The molecule has 1 saturated heterocycles. The summed E-state index contributed by atoms with van der Waals surface area (Å²) in [6.45, 7) is 6.64. The van der Waals surface area contributed by atoms with Crippen LogP contribution in [0.2, 0.25) is 0 Å². The number of rotatable bonds is 6. The van der Waals surface area contributed by atoms with Gasteiger partial charge in [0.2, 0.25) is 0 Å². The number of piperazine rings is 1. The van der Waals surface area contributed by atoms with E-state index in [9.17, 15) is 4.39 Å². The van der Waals surface area contributed by atoms with Gasteiger partial charge in [-0.05, 0) is 37.6 Å². The number of nitrogens with one attached hydrogen (secondary N) is 2. The fourth-order valence-corrected chi connectivity index (χ4v) is 2.23. The van der Waals surface area contributed by atoms with Crippen molar-refractivity contribution in [2.45, 2.75) is 12.8 Å². The van der Waals surface area contributed by atoms with Gasteiger partial charge >= 0.3 is 0 Å². The maximum Gasteiger partial charge on any atom is 0.125 e. The van der Waals surface area contributed by atoms with Crippen LogP contribution >= 0.6 is 0 Å². The Kier molecular flexibility index (Phi) is 5.42. The largest absolute Gasteiger partial charge is 0.385 e. The fourth-order valence-electron chi connectivity index (χ4n) is 2.23. The summed E-state index contributed by atoms with van der Waals surface area (Å²) in [6, 6.07) is 6.64. The summed E-state index contributed by atoms with van der Waals surface area (Å²) in [5.41, 5.74) is 0.872. The minimum absolute atomic E-state index is 0.180. The van der Waals surface area contributed by atoms with Gasteiger partial charge in [-0.2, -0.15) is 0 Å². The summed E-state index contributed by atoms with van der Waals surface area (Å²) in [6.07, 6.45) is 2.32. The van der Waals surface area contributed by atoms with Gasteiger partial charge in [0, 0.05) is 38.4 Å². The van der Waals surface area contributed by atoms with Gasteiger partial charge in [0.25, 0.3) is 0 Å². The topological polar surface area (TPSA) is 27.3 Å². The van der Waals surface area contributed by atoms with Crippen molar-refractivity contribution in [1.82, 2.24) is 10.2 Å². The van der Waals surface area contributed by atoms with Gasteiger partial charge in [0.15, 0.2) is 0 Å². The molecule has 0 aliphatic carbocycles. The van der Waals surface area contributed by atoms with Crippen molar-refractivity contribution >= 4 is 5.69 Å². The average molecular weight is 251 g/mol. The molecule has 0 spiro atoms. The standard InChI is InChI=1S/C14H22FN3/c15-13-4-3-5-14(12-13)17-6-1-2-9-18-10-7-16-8-11-18/h3-5,12,16-17H,1-2,6-11H2. The lowest BCUT2D eigenvalue weighted by Crippen LogP contribution is -2.43. The van der Waals surface area contributed by atoms with E-state index in [2.05, 4.69) is 15.5 Å². The first-order chi connectivity index (χ1) is 8.84. The first kappa shape index (κ1) is 13.3. The molecule has 1 aliphatic heterocycles. The lowest BCUT2D eigenvalue weighted by molar-refractivity contribution is 0.237. The van der Waals surface area contributed by atoms with Crippen LogP contribution in [0.3, 0.4) is 0 Å². The van der Waals surface area contributed by atoms with Crippen LogP contribution in [0.15, 0.2) is 24.3 Å². The second-order valence-corrected chi connectivity index (χ2v) is 4.74. The predicted molar refractivity (Wildman–Crippen MR) is 73.4 cm³/mol. The Morgan fingerprint density at radius 2 is 2.06 bits per heavy atom. The van der Waals surface area contributed by atoms with Gasteiger partial charge in [-0.3, -0.25) is 0 Å². The van der Waals surface area contributed by atoms with Crippen molar-refractivity contribution in [2.24, 2.45) is 0 Å². The molecule has 0 unspecified atom stereocenters. The SMILES string of the molecule is Fc1cccc(NCCCCN2CCNCC2)c1. The Hall–Kier alpha value is -1.13. The van der Waals surface area contributed by atoms with Crippen molar-refractivity contribution in [3.05, 3.63) is 30.1 Å². The quantitative estimate of drug-likeness (QED) is 0.756. The third-order valence-corrected chi connectivity index (χ3v) is 3.26. The molecular weight excluding hydrogens is 229 g/mol. The smallest absolute Gasteiger partial charge is 0.125 e. The molecule has 1 fully saturated rings. The molecule has 100 valence electrons. The third-order valence-electron chi connectivity index (χ3n) is 3.26. The van der Waals surface area contributed by atoms with E-state index in [1.165, 1.54) is 25.1 Å². The van der Waals surface area contributed by atoms with Gasteiger partial charge in [-0.15, -0.1) is 0 Å². The van der Waals surface area contributed by atoms with Crippen molar-refractivity contribution in [2.75, 3.05) is 44.6 Å². The minimum Gasteiger partial charge on any atom is -0.385 e. The summed E-state index contributed by atoms with van der Waals surface area (Å²) < 4.78 is 12.9. The average Bonchev–Trinajstić information content (AvgIpc) is 2.40. The Morgan fingerprint density at radius 1 is 1.22 bits per heavy atom. The van der Waals surface area contributed by atoms with E-state index in [-0.39, 0.29) is 5.82 Å². The zero-order chi connectivity index (χ0) is 12.6. The van der Waals surface area contributed by atoms with E-state index < -0.39 is 0 Å². The molecule has 0 aromatic heterocycles. The van der Waals surface area contributed by atoms with Crippen LogP contribution < -0.4 is 10.6 Å². The van der Waals surface area contributed by atoms with Gasteiger partial charge in [-0.25, -0.2) is 4.39 Å². The highest BCUT2D eigenvalue weighted by molar-refractivity contribution is 5.42. The van der Waals surface area contributed by atoms with Gasteiger partial charge in [0.1, 0.15) is 5.82 Å². The normalized spacial score (nSPS) is 16.7. The molecule has 1 aromatic rings. The number of halogens is 1. The molecule has 0 bridgehead atoms. The van der Waals surface area contributed by atoms with Crippen molar-refractivity contribution in [1.29, 1.82) is 0 Å². The predicted octanol–water partition coefficient (Wildman–Crippen LogP) is 1.92. The lowest BCUT2D eigenvalue weighted by Gasteiger charge is -2.27. The number of unbranched alkanes of at least 4 members (excludes halogenated alkanes) is 1. The third kappa shape index (κ3) is 4.63. The highest BCUT2D eigenvalue weighted by Gasteiger charge is 2.07. The van der Waals surface area contributed by atoms with Gasteiger partial charge in [-0.1, -0.05) is 6.07 Å². The van der Waals surface area contributed by atoms with E-state index in [1.54, 1.807) is 6.07 Å². The first-order valence-corrected chi connectivity index (χ1v) is 6.77. The van der Waals surface area contributed by atoms with Crippen LogP contribution in [0, 0.1) is 5.82 Å². The van der Waals surface area contributed by atoms with Crippen LogP contribution in [0.4, 0.5) is 10.1 Å². The zero-order valence-corrected chi connectivity index (χ0v) is 10.8. The summed E-state index contributed by atoms with van der Waals surface area (Å²) in [4.78, 5) is 2.50. The molecule has 1 aromatic carbocycles. The van der Waals surface area contributed by atoms with E-state index >= 15 is 0 Å². The Morgan fingerprint density at radius 3 is 2.83 bits per heavy atom. The Bertz CT molecular complexity index is 351. The zero-order valence-electron chi connectivity index (χ0n) is 10.8. The number of anilines is 1. The second-order valence-electron chi connectivity index (χ2n) is 4.74. The summed E-state index contributed by atoms with van der Waals surface area (Å²) in [5, 5.41) is 6.61. The molecule has 2 N–H and O–H groups in total. The van der Waals surface area contributed by atoms with E-state index in [1.807, 2.05) is 6.07 Å². The molecule has 18 heavy (non-hydrogen) atoms. The van der Waals surface area contributed by atoms with Crippen molar-refractivity contribution in [3.63, 3.8) is 0 Å². The molecule has 3 nitrogen and oxygen atoms in total. The number of hydrogen-bond donors (Lipinski definition) is 2. The van der Waals surface area contributed by atoms with Crippen molar-refractivity contribution < 1.29 is 4.39 Å². The fraction of sp³-hybridized carbons (Fsp3) is 0.571. The van der Waals surface area contributed by atoms with Gasteiger partial charge in [0.05, 0.1) is 0 Å². The summed E-state index contributed by atoms with van der Waals surface area (Å²) in [7, 11) is 0. The van der Waals surface area contributed by atoms with Crippen LogP contribution in [0.5, 0.6) is 0 Å². The number of benzene rings is 1. The first-order valence-electron chi connectivity index (χ1n) is 6.77. The maximum atomic E-state index is 12.9. The minimum atomic E-state index is -0.180. The van der Waals surface area contributed by atoms with E-state index in [4.69, 9.17) is 0 Å². The molecule has 4 heteroatoms. The van der Waals surface area contributed by atoms with Crippen LogP contribution in [-0.4, -0.2) is 44.2 Å². The molecule has 0 saturated carbocycles. The van der Waals surface area contributed by atoms with Gasteiger partial charge < -0.3 is 15.5 Å². The van der Waals surface area contributed by atoms with Crippen LogP contribution in [0.25, 0.3) is 0 Å². The molecule has 1 heterocycles. The molecule has 0 atom stereocenters. The number of hydrogen-bond acceptors (Lipinski definition) is 3. The highest BCUT2D eigenvalue weighted by atomic mass is 19.1. The second kappa shape index (κ2) is 7.34. The van der Waals surface area contributed by atoms with Crippen LogP contribution in [0.1, 0.15) is 12.8 Å². The molecule has 2 rings (SSSR count). The molecule has 1 aliphatic rings. The number of nitrogens with zero attached hydrogens (tertiary/aromatic N) is 1. The molecular formula is C14H22FN3. The van der Waals surface area contributed by atoms with E-state index in [0.29, 0.717) is 0 Å². The molecule has 0 radical (unpaired) electrons. The maximum absolute atomic E-state index is 12.9. The summed E-state index contributed by atoms with van der Waals surface area (Å²) in [5.74, 6) is -0.180. The monoisotopic (exact) mass is 251 g/mol. The molecule has 0 amide bonds. The summed E-state index contributed by atoms with van der Waals surface area (Å²) >= 11 is 0. The lowest BCUT2D eigenvalue weighted by atomic mass is 10.2. The van der Waals surface area contributed by atoms with Crippen molar-refractivity contribution in [3.8, 4) is 0 Å². The highest BCUT2D eigenvalue weighted by Crippen LogP contribution is 2.09.